The highest BCUT2D eigenvalue weighted by atomic mass is 32.1. The Morgan fingerprint density at radius 3 is 2.74 bits per heavy atom. The van der Waals surface area contributed by atoms with Crippen molar-refractivity contribution < 1.29 is 18.7 Å². The minimum atomic E-state index is -0.470. The molecule has 2 aromatic heterocycles. The molecule has 2 heterocycles. The molecule has 6 nitrogen and oxygen atoms in total. The van der Waals surface area contributed by atoms with E-state index in [1.807, 2.05) is 0 Å². The van der Waals surface area contributed by atoms with E-state index >= 15 is 0 Å². The highest BCUT2D eigenvalue weighted by molar-refractivity contribution is 7.17. The number of nitrogens with one attached hydrogen (secondary N) is 1. The van der Waals surface area contributed by atoms with E-state index < -0.39 is 11.9 Å². The van der Waals surface area contributed by atoms with Crippen molar-refractivity contribution in [1.29, 1.82) is 0 Å². The fourth-order valence-corrected chi connectivity index (χ4v) is 5.97. The number of thiazole rings is 1. The third-order valence-electron chi connectivity index (χ3n) is 5.38. The lowest BCUT2D eigenvalue weighted by Crippen LogP contribution is -2.25. The number of carbonyl (C=O) groups excluding carboxylic acids is 2. The third-order valence-corrected chi connectivity index (χ3v) is 7.31. The lowest BCUT2D eigenvalue weighted by atomic mass is 9.88. The quantitative estimate of drug-likeness (QED) is 0.575. The first-order valence-electron chi connectivity index (χ1n) is 9.84. The van der Waals surface area contributed by atoms with Crippen molar-refractivity contribution in [1.82, 2.24) is 4.57 Å². The molecule has 1 aliphatic rings. The molecule has 0 fully saturated rings. The molecule has 0 aliphatic heterocycles. The maximum Gasteiger partial charge on any atom is 0.341 e. The number of hydrogen-bond acceptors (Lipinski definition) is 6. The predicted molar refractivity (Wildman–Crippen MR) is 119 cm³/mol. The topological polar surface area (TPSA) is 77.4 Å². The summed E-state index contributed by atoms with van der Waals surface area (Å²) in [7, 11) is 1.32. The van der Waals surface area contributed by atoms with Gasteiger partial charge in [0.25, 0.3) is 0 Å². The number of thiophene rings is 1. The van der Waals surface area contributed by atoms with E-state index in [1.54, 1.807) is 17.5 Å². The Kier molecular flexibility index (Phi) is 6.06. The van der Waals surface area contributed by atoms with Gasteiger partial charge < -0.3 is 10.1 Å². The second-order valence-corrected chi connectivity index (χ2v) is 9.50. The van der Waals surface area contributed by atoms with Gasteiger partial charge in [-0.2, -0.15) is 0 Å². The van der Waals surface area contributed by atoms with Crippen molar-refractivity contribution in [3.8, 4) is 11.3 Å². The summed E-state index contributed by atoms with van der Waals surface area (Å²) in [6.07, 6.45) is 2.61. The molecular formula is C22H21FN2O4S2. The fraction of sp³-hybridized carbons (Fsp3) is 0.318. The fourth-order valence-electron chi connectivity index (χ4n) is 3.79. The van der Waals surface area contributed by atoms with Crippen molar-refractivity contribution in [3.05, 3.63) is 61.1 Å². The van der Waals surface area contributed by atoms with Crippen molar-refractivity contribution in [2.45, 2.75) is 32.7 Å². The monoisotopic (exact) mass is 460 g/mol. The molecule has 1 amide bonds. The maximum absolute atomic E-state index is 13.2. The minimum absolute atomic E-state index is 0.214. The van der Waals surface area contributed by atoms with Gasteiger partial charge >= 0.3 is 10.8 Å². The molecule has 0 saturated carbocycles. The molecular weight excluding hydrogens is 439 g/mol. The lowest BCUT2D eigenvalue weighted by Gasteiger charge is -2.18. The van der Waals surface area contributed by atoms with Gasteiger partial charge in [0.1, 0.15) is 17.4 Å². The number of nitrogens with zero attached hydrogens (tertiary/aromatic N) is 1. The number of fused-ring (bicyclic) bond motifs is 1. The summed E-state index contributed by atoms with van der Waals surface area (Å²) in [5.74, 6) is -0.748. The van der Waals surface area contributed by atoms with Gasteiger partial charge in [0, 0.05) is 10.3 Å². The Morgan fingerprint density at radius 2 is 2.03 bits per heavy atom. The first-order chi connectivity index (χ1) is 14.9. The molecule has 1 unspecified atom stereocenters. The van der Waals surface area contributed by atoms with Crippen LogP contribution in [0.4, 0.5) is 9.39 Å². The number of anilines is 1. The van der Waals surface area contributed by atoms with Crippen molar-refractivity contribution in [2.75, 3.05) is 12.4 Å². The smallest absolute Gasteiger partial charge is 0.341 e. The summed E-state index contributed by atoms with van der Waals surface area (Å²) in [6.45, 7) is 1.95. The summed E-state index contributed by atoms with van der Waals surface area (Å²) in [5.41, 5.74) is 2.55. The number of rotatable bonds is 5. The van der Waals surface area contributed by atoms with Gasteiger partial charge in [-0.25, -0.2) is 9.18 Å². The number of aromatic nitrogens is 1. The van der Waals surface area contributed by atoms with Crippen LogP contribution >= 0.6 is 22.7 Å². The van der Waals surface area contributed by atoms with E-state index in [0.717, 1.165) is 41.0 Å². The zero-order valence-corrected chi connectivity index (χ0v) is 18.7. The maximum atomic E-state index is 13.2. The van der Waals surface area contributed by atoms with Crippen LogP contribution in [0.15, 0.2) is 34.4 Å². The van der Waals surface area contributed by atoms with Gasteiger partial charge in [0.05, 0.1) is 18.4 Å². The summed E-state index contributed by atoms with van der Waals surface area (Å²) in [4.78, 5) is 38.4. The molecule has 9 heteroatoms. The third kappa shape index (κ3) is 4.33. The van der Waals surface area contributed by atoms with Crippen LogP contribution in [0, 0.1) is 11.7 Å². The van der Waals surface area contributed by atoms with E-state index in [9.17, 15) is 18.8 Å². The number of ether oxygens (including phenoxy) is 1. The van der Waals surface area contributed by atoms with Gasteiger partial charge in [-0.1, -0.05) is 18.3 Å². The first kappa shape index (κ1) is 21.5. The molecule has 31 heavy (non-hydrogen) atoms. The summed E-state index contributed by atoms with van der Waals surface area (Å²) < 4.78 is 19.5. The molecule has 0 saturated heterocycles. The molecule has 1 atom stereocenters. The normalized spacial score (nSPS) is 15.4. The first-order valence-corrected chi connectivity index (χ1v) is 11.5. The molecule has 0 radical (unpaired) electrons. The van der Waals surface area contributed by atoms with Gasteiger partial charge in [-0.05, 0) is 60.6 Å². The van der Waals surface area contributed by atoms with Crippen molar-refractivity contribution >= 4 is 39.6 Å². The predicted octanol–water partition coefficient (Wildman–Crippen LogP) is 4.33. The Balaban J connectivity index is 1.61. The number of hydrogen-bond donors (Lipinski definition) is 1. The van der Waals surface area contributed by atoms with Crippen molar-refractivity contribution in [2.24, 2.45) is 5.92 Å². The number of methoxy groups -OCH3 is 1. The van der Waals surface area contributed by atoms with Crippen LogP contribution in [-0.4, -0.2) is 23.6 Å². The van der Waals surface area contributed by atoms with Crippen molar-refractivity contribution in [3.63, 3.8) is 0 Å². The van der Waals surface area contributed by atoms with Crippen LogP contribution in [0.1, 0.15) is 34.1 Å². The number of carbonyl (C=O) groups is 2. The molecule has 162 valence electrons. The average Bonchev–Trinajstić information content (AvgIpc) is 3.27. The standard InChI is InChI=1S/C22H21FN2O4S2/c1-12-3-8-15-17(9-12)31-20(19(15)21(27)29-2)24-18(26)10-25-16(11-30-22(25)28)13-4-6-14(23)7-5-13/h4-7,11-12H,3,8-10H2,1-2H3,(H,24,26). The van der Waals surface area contributed by atoms with E-state index in [-0.39, 0.29) is 17.2 Å². The van der Waals surface area contributed by atoms with E-state index in [0.29, 0.717) is 27.7 Å². The summed E-state index contributed by atoms with van der Waals surface area (Å²) >= 11 is 2.37. The number of amides is 1. The Hall–Kier alpha value is -2.78. The van der Waals surface area contributed by atoms with Crippen LogP contribution in [0.5, 0.6) is 0 Å². The number of benzene rings is 1. The zero-order valence-electron chi connectivity index (χ0n) is 17.1. The van der Waals surface area contributed by atoms with Crippen LogP contribution in [0.25, 0.3) is 11.3 Å². The van der Waals surface area contributed by atoms with Crippen LogP contribution in [0.2, 0.25) is 0 Å². The number of halogens is 1. The SMILES string of the molecule is COC(=O)c1c(NC(=O)Cn2c(-c3ccc(F)cc3)csc2=O)sc2c1CCC(C)C2. The molecule has 3 aromatic rings. The van der Waals surface area contributed by atoms with Crippen LogP contribution < -0.4 is 10.2 Å². The van der Waals surface area contributed by atoms with Crippen LogP contribution in [-0.2, 0) is 28.9 Å². The second kappa shape index (κ2) is 8.76. The van der Waals surface area contributed by atoms with Gasteiger partial charge in [-0.15, -0.1) is 11.3 Å². The molecule has 0 bridgehead atoms. The van der Waals surface area contributed by atoms with Crippen LogP contribution in [0.3, 0.4) is 0 Å². The molecule has 4 rings (SSSR count). The van der Waals surface area contributed by atoms with E-state index in [2.05, 4.69) is 12.2 Å². The Morgan fingerprint density at radius 1 is 1.29 bits per heavy atom. The highest BCUT2D eigenvalue weighted by Crippen LogP contribution is 2.40. The van der Waals surface area contributed by atoms with E-state index in [1.165, 1.54) is 35.1 Å². The molecule has 1 aromatic carbocycles. The Labute approximate surface area is 186 Å². The number of esters is 1. The lowest BCUT2D eigenvalue weighted by molar-refractivity contribution is -0.116. The largest absolute Gasteiger partial charge is 0.465 e. The van der Waals surface area contributed by atoms with E-state index in [4.69, 9.17) is 4.74 Å². The molecule has 0 spiro atoms. The average molecular weight is 461 g/mol. The van der Waals surface area contributed by atoms with Gasteiger partial charge in [0.15, 0.2) is 0 Å². The second-order valence-electron chi connectivity index (χ2n) is 7.58. The highest BCUT2D eigenvalue weighted by Gasteiger charge is 2.29. The summed E-state index contributed by atoms with van der Waals surface area (Å²) in [6, 6.07) is 5.74. The summed E-state index contributed by atoms with van der Waals surface area (Å²) in [5, 5.41) is 4.92. The van der Waals surface area contributed by atoms with Gasteiger partial charge in [-0.3, -0.25) is 14.2 Å². The van der Waals surface area contributed by atoms with Gasteiger partial charge in [0.2, 0.25) is 5.91 Å². The Bertz CT molecular complexity index is 1190. The minimum Gasteiger partial charge on any atom is -0.465 e. The molecule has 1 N–H and O–H groups in total. The molecule has 1 aliphatic carbocycles. The zero-order chi connectivity index (χ0) is 22.1.